The molecule has 0 spiro atoms. The molecule has 1 aliphatic rings. The Labute approximate surface area is 110 Å². The summed E-state index contributed by atoms with van der Waals surface area (Å²) in [6, 6.07) is 6.03. The third-order valence-corrected chi connectivity index (χ3v) is 3.35. The van der Waals surface area contributed by atoms with E-state index in [2.05, 4.69) is 16.1 Å². The zero-order valence-electron chi connectivity index (χ0n) is 10.9. The average Bonchev–Trinajstić information content (AvgIpc) is 3.09. The Balaban J connectivity index is 2.15. The third-order valence-electron chi connectivity index (χ3n) is 3.35. The van der Waals surface area contributed by atoms with Gasteiger partial charge in [-0.2, -0.15) is 0 Å². The Morgan fingerprint density at radius 2 is 2.11 bits per heavy atom. The van der Waals surface area contributed by atoms with Crippen molar-refractivity contribution in [3.63, 3.8) is 0 Å². The van der Waals surface area contributed by atoms with Gasteiger partial charge in [0.25, 0.3) is 5.82 Å². The number of aromatic nitrogens is 3. The molecule has 2 aromatic rings. The van der Waals surface area contributed by atoms with Crippen LogP contribution in [0.15, 0.2) is 18.2 Å². The first-order valence-corrected chi connectivity index (χ1v) is 6.34. The van der Waals surface area contributed by atoms with Crippen LogP contribution in [0.25, 0.3) is 5.69 Å². The molecule has 0 bridgehead atoms. The normalized spacial score (nSPS) is 14.6. The Kier molecular flexibility index (Phi) is 2.62. The minimum Gasteiger partial charge on any atom is -0.475 e. The Bertz CT molecular complexity index is 657. The van der Waals surface area contributed by atoms with Gasteiger partial charge in [0.15, 0.2) is 0 Å². The van der Waals surface area contributed by atoms with Crippen molar-refractivity contribution < 1.29 is 9.90 Å². The quantitative estimate of drug-likeness (QED) is 0.917. The number of carbonyl (C=O) groups is 1. The van der Waals surface area contributed by atoms with E-state index in [0.717, 1.165) is 29.9 Å². The number of aromatic carboxylic acids is 1. The van der Waals surface area contributed by atoms with Crippen molar-refractivity contribution in [3.8, 4) is 5.69 Å². The number of hydrogen-bond donors (Lipinski definition) is 1. The molecule has 0 aliphatic heterocycles. The van der Waals surface area contributed by atoms with Crippen LogP contribution in [0.3, 0.4) is 0 Å². The van der Waals surface area contributed by atoms with E-state index in [0.29, 0.717) is 5.92 Å². The number of carboxylic acids is 1. The summed E-state index contributed by atoms with van der Waals surface area (Å²) in [7, 11) is 0. The monoisotopic (exact) mass is 257 g/mol. The molecule has 1 aromatic carbocycles. The molecule has 0 amide bonds. The van der Waals surface area contributed by atoms with E-state index in [1.54, 1.807) is 4.68 Å². The molecule has 1 heterocycles. The van der Waals surface area contributed by atoms with Gasteiger partial charge < -0.3 is 5.11 Å². The molecular formula is C14H15N3O2. The Hall–Kier alpha value is -2.17. The highest BCUT2D eigenvalue weighted by Crippen LogP contribution is 2.40. The van der Waals surface area contributed by atoms with Crippen molar-refractivity contribution in [1.82, 2.24) is 14.8 Å². The molecule has 1 fully saturated rings. The first kappa shape index (κ1) is 11.9. The van der Waals surface area contributed by atoms with Crippen molar-refractivity contribution in [2.75, 3.05) is 0 Å². The molecule has 19 heavy (non-hydrogen) atoms. The summed E-state index contributed by atoms with van der Waals surface area (Å²) in [6.45, 7) is 4.03. The second-order valence-corrected chi connectivity index (χ2v) is 5.07. The van der Waals surface area contributed by atoms with Gasteiger partial charge in [0.2, 0.25) is 0 Å². The number of hydrogen-bond acceptors (Lipinski definition) is 3. The zero-order valence-corrected chi connectivity index (χ0v) is 10.9. The maximum absolute atomic E-state index is 11.0. The number of rotatable bonds is 3. The summed E-state index contributed by atoms with van der Waals surface area (Å²) >= 11 is 0. The fourth-order valence-electron chi connectivity index (χ4n) is 2.24. The van der Waals surface area contributed by atoms with Gasteiger partial charge in [0.1, 0.15) is 5.82 Å². The number of nitrogens with zero attached hydrogens (tertiary/aromatic N) is 3. The summed E-state index contributed by atoms with van der Waals surface area (Å²) in [5.74, 6) is -0.0852. The molecule has 0 unspecified atom stereocenters. The maximum atomic E-state index is 11.0. The van der Waals surface area contributed by atoms with E-state index in [-0.39, 0.29) is 5.82 Å². The largest absolute Gasteiger partial charge is 0.475 e. The van der Waals surface area contributed by atoms with Crippen LogP contribution in [0.2, 0.25) is 0 Å². The van der Waals surface area contributed by atoms with Crippen LogP contribution in [-0.4, -0.2) is 25.8 Å². The van der Waals surface area contributed by atoms with Gasteiger partial charge in [-0.3, -0.25) is 0 Å². The average molecular weight is 257 g/mol. The van der Waals surface area contributed by atoms with Crippen molar-refractivity contribution in [3.05, 3.63) is 41.0 Å². The minimum absolute atomic E-state index is 0.123. The van der Waals surface area contributed by atoms with E-state index in [4.69, 9.17) is 5.11 Å². The smallest absolute Gasteiger partial charge is 0.375 e. The summed E-state index contributed by atoms with van der Waals surface area (Å²) < 4.78 is 1.69. The van der Waals surface area contributed by atoms with E-state index in [9.17, 15) is 4.79 Å². The minimum atomic E-state index is -1.08. The molecule has 1 aromatic heterocycles. The fraction of sp³-hybridized carbons (Fsp3) is 0.357. The number of aryl methyl sites for hydroxylation is 2. The molecular weight excluding hydrogens is 242 g/mol. The highest BCUT2D eigenvalue weighted by molar-refractivity contribution is 5.83. The van der Waals surface area contributed by atoms with Gasteiger partial charge in [-0.15, -0.1) is 5.10 Å². The van der Waals surface area contributed by atoms with Crippen molar-refractivity contribution in [2.45, 2.75) is 32.6 Å². The van der Waals surface area contributed by atoms with Gasteiger partial charge in [0, 0.05) is 5.92 Å². The summed E-state index contributed by atoms with van der Waals surface area (Å²) in [5.41, 5.74) is 3.16. The fourth-order valence-corrected chi connectivity index (χ4v) is 2.24. The first-order valence-electron chi connectivity index (χ1n) is 6.34. The standard InChI is InChI=1S/C14H15N3O2/c1-8-3-6-11(9(2)7-8)17-13(10-4-5-10)15-12(16-17)14(18)19/h3,6-7,10H,4-5H2,1-2H3,(H,18,19). The summed E-state index contributed by atoms with van der Waals surface area (Å²) in [5, 5.41) is 13.2. The van der Waals surface area contributed by atoms with Crippen molar-refractivity contribution >= 4 is 5.97 Å². The Morgan fingerprint density at radius 3 is 2.68 bits per heavy atom. The topological polar surface area (TPSA) is 68.0 Å². The van der Waals surface area contributed by atoms with E-state index < -0.39 is 5.97 Å². The van der Waals surface area contributed by atoms with Crippen LogP contribution in [0, 0.1) is 13.8 Å². The lowest BCUT2D eigenvalue weighted by Crippen LogP contribution is -2.05. The molecule has 1 N–H and O–H groups in total. The van der Waals surface area contributed by atoms with Crippen LogP contribution in [0.5, 0.6) is 0 Å². The zero-order chi connectivity index (χ0) is 13.6. The van der Waals surface area contributed by atoms with Crippen LogP contribution < -0.4 is 0 Å². The van der Waals surface area contributed by atoms with Gasteiger partial charge >= 0.3 is 5.97 Å². The summed E-state index contributed by atoms with van der Waals surface area (Å²) in [4.78, 5) is 15.2. The first-order chi connectivity index (χ1) is 9.06. The lowest BCUT2D eigenvalue weighted by Gasteiger charge is -2.09. The van der Waals surface area contributed by atoms with Crippen molar-refractivity contribution in [2.24, 2.45) is 0 Å². The molecule has 5 nitrogen and oxygen atoms in total. The van der Waals surface area contributed by atoms with Crippen LogP contribution in [0.1, 0.15) is 46.3 Å². The molecule has 0 atom stereocenters. The van der Waals surface area contributed by atoms with Crippen LogP contribution in [-0.2, 0) is 0 Å². The SMILES string of the molecule is Cc1ccc(-n2nc(C(=O)O)nc2C2CC2)c(C)c1. The highest BCUT2D eigenvalue weighted by atomic mass is 16.4. The second kappa shape index (κ2) is 4.19. The molecule has 98 valence electrons. The maximum Gasteiger partial charge on any atom is 0.375 e. The predicted molar refractivity (Wildman–Crippen MR) is 69.8 cm³/mol. The van der Waals surface area contributed by atoms with Crippen LogP contribution in [0.4, 0.5) is 0 Å². The molecule has 3 rings (SSSR count). The van der Waals surface area contributed by atoms with Gasteiger partial charge in [-0.25, -0.2) is 14.5 Å². The predicted octanol–water partition coefficient (Wildman–Crippen LogP) is 2.46. The van der Waals surface area contributed by atoms with Crippen molar-refractivity contribution in [1.29, 1.82) is 0 Å². The van der Waals surface area contributed by atoms with E-state index in [1.165, 1.54) is 5.56 Å². The second-order valence-electron chi connectivity index (χ2n) is 5.07. The molecule has 1 aliphatic carbocycles. The van der Waals surface area contributed by atoms with Crippen LogP contribution >= 0.6 is 0 Å². The van der Waals surface area contributed by atoms with E-state index >= 15 is 0 Å². The lowest BCUT2D eigenvalue weighted by atomic mass is 10.1. The third kappa shape index (κ3) is 2.12. The molecule has 0 radical (unpaired) electrons. The molecule has 1 saturated carbocycles. The molecule has 0 saturated heterocycles. The van der Waals surface area contributed by atoms with E-state index in [1.807, 2.05) is 26.0 Å². The Morgan fingerprint density at radius 1 is 1.37 bits per heavy atom. The van der Waals surface area contributed by atoms with Gasteiger partial charge in [0.05, 0.1) is 5.69 Å². The number of benzene rings is 1. The lowest BCUT2D eigenvalue weighted by molar-refractivity contribution is 0.0683. The van der Waals surface area contributed by atoms with Gasteiger partial charge in [-0.05, 0) is 38.3 Å². The summed E-state index contributed by atoms with van der Waals surface area (Å²) in [6.07, 6.45) is 2.12. The van der Waals surface area contributed by atoms with Gasteiger partial charge in [-0.1, -0.05) is 17.7 Å². The highest BCUT2D eigenvalue weighted by Gasteiger charge is 2.31. The molecule has 5 heteroatoms. The number of carboxylic acid groups (broad SMARTS) is 1.